The average Bonchev–Trinajstić information content (AvgIpc) is 2.75. The Kier molecular flexibility index (Phi) is 16.2. The molecule has 0 atom stereocenters. The van der Waals surface area contributed by atoms with Crippen molar-refractivity contribution in [3.05, 3.63) is 29.8 Å². The minimum atomic E-state index is -0.0240. The Bertz CT molecular complexity index is 541. The van der Waals surface area contributed by atoms with Gasteiger partial charge in [0.25, 0.3) is 5.91 Å². The first kappa shape index (κ1) is 26.5. The lowest BCUT2D eigenvalue weighted by atomic mass is 10.0. The van der Waals surface area contributed by atoms with Crippen molar-refractivity contribution in [2.75, 3.05) is 13.2 Å². The zero-order valence-corrected chi connectivity index (χ0v) is 20.0. The number of rotatable bonds is 19. The standard InChI is InChI=1S/C27H47NO2/c1-4-5-6-7-8-9-10-11-12-13-14-15-16-19-22-28-27(29)25-20-17-18-21-26(25)30-23-24(2)3/h17-18,20-21,24H,4-16,19,22-23H2,1-3H3,(H,28,29). The highest BCUT2D eigenvalue weighted by Gasteiger charge is 2.11. The Balaban J connectivity index is 1.99. The van der Waals surface area contributed by atoms with Crippen LogP contribution in [0.4, 0.5) is 0 Å². The second-order valence-electron chi connectivity index (χ2n) is 9.05. The highest BCUT2D eigenvalue weighted by atomic mass is 16.5. The van der Waals surface area contributed by atoms with Gasteiger partial charge in [0, 0.05) is 6.54 Å². The smallest absolute Gasteiger partial charge is 0.255 e. The third-order valence-electron chi connectivity index (χ3n) is 5.52. The first-order valence-electron chi connectivity index (χ1n) is 12.6. The lowest BCUT2D eigenvalue weighted by Crippen LogP contribution is -2.25. The summed E-state index contributed by atoms with van der Waals surface area (Å²) in [6, 6.07) is 7.53. The monoisotopic (exact) mass is 417 g/mol. The summed E-state index contributed by atoms with van der Waals surface area (Å²) in [6.07, 6.45) is 18.9. The van der Waals surface area contributed by atoms with Gasteiger partial charge in [-0.05, 0) is 24.5 Å². The van der Waals surface area contributed by atoms with Gasteiger partial charge in [0.15, 0.2) is 0 Å². The predicted octanol–water partition coefficient (Wildman–Crippen LogP) is 7.93. The third kappa shape index (κ3) is 13.7. The minimum absolute atomic E-state index is 0.0240. The first-order valence-corrected chi connectivity index (χ1v) is 12.6. The van der Waals surface area contributed by atoms with Crippen LogP contribution in [-0.2, 0) is 0 Å². The fourth-order valence-corrected chi connectivity index (χ4v) is 3.65. The molecule has 1 amide bonds. The van der Waals surface area contributed by atoms with Crippen molar-refractivity contribution < 1.29 is 9.53 Å². The molecular weight excluding hydrogens is 370 g/mol. The zero-order chi connectivity index (χ0) is 21.9. The van der Waals surface area contributed by atoms with E-state index in [1.54, 1.807) is 0 Å². The van der Waals surface area contributed by atoms with E-state index in [1.165, 1.54) is 83.5 Å². The van der Waals surface area contributed by atoms with E-state index in [1.807, 2.05) is 24.3 Å². The van der Waals surface area contributed by atoms with E-state index in [0.29, 0.717) is 23.8 Å². The van der Waals surface area contributed by atoms with Crippen LogP contribution in [-0.4, -0.2) is 19.1 Å². The molecule has 0 saturated carbocycles. The SMILES string of the molecule is CCCCCCCCCCCCCCCCNC(=O)c1ccccc1OCC(C)C. The van der Waals surface area contributed by atoms with Gasteiger partial charge in [0.05, 0.1) is 12.2 Å². The van der Waals surface area contributed by atoms with Crippen LogP contribution in [0.1, 0.15) is 121 Å². The molecule has 0 aliphatic rings. The minimum Gasteiger partial charge on any atom is -0.492 e. The molecule has 3 nitrogen and oxygen atoms in total. The predicted molar refractivity (Wildman–Crippen MR) is 129 cm³/mol. The van der Waals surface area contributed by atoms with Crippen LogP contribution in [0, 0.1) is 5.92 Å². The van der Waals surface area contributed by atoms with Gasteiger partial charge in [-0.1, -0.05) is 116 Å². The van der Waals surface area contributed by atoms with Crippen molar-refractivity contribution in [3.8, 4) is 5.75 Å². The van der Waals surface area contributed by atoms with Crippen molar-refractivity contribution in [1.29, 1.82) is 0 Å². The Morgan fingerprint density at radius 2 is 1.30 bits per heavy atom. The number of ether oxygens (including phenoxy) is 1. The fourth-order valence-electron chi connectivity index (χ4n) is 3.65. The topological polar surface area (TPSA) is 38.3 Å². The molecule has 0 aliphatic heterocycles. The molecule has 0 radical (unpaired) electrons. The van der Waals surface area contributed by atoms with Gasteiger partial charge in [0.1, 0.15) is 5.75 Å². The molecule has 0 fully saturated rings. The molecule has 0 unspecified atom stereocenters. The normalized spacial score (nSPS) is 11.1. The van der Waals surface area contributed by atoms with Crippen LogP contribution in [0.25, 0.3) is 0 Å². The second-order valence-corrected chi connectivity index (χ2v) is 9.05. The van der Waals surface area contributed by atoms with Gasteiger partial charge in [-0.25, -0.2) is 0 Å². The Morgan fingerprint density at radius 1 is 0.800 bits per heavy atom. The number of nitrogens with one attached hydrogen (secondary N) is 1. The molecule has 0 bridgehead atoms. The van der Waals surface area contributed by atoms with Crippen LogP contribution >= 0.6 is 0 Å². The van der Waals surface area contributed by atoms with Crippen molar-refractivity contribution in [2.45, 2.75) is 111 Å². The Morgan fingerprint density at radius 3 is 1.83 bits per heavy atom. The van der Waals surface area contributed by atoms with Gasteiger partial charge < -0.3 is 10.1 Å². The highest BCUT2D eigenvalue weighted by Crippen LogP contribution is 2.19. The molecular formula is C27H47NO2. The molecule has 1 aromatic carbocycles. The lowest BCUT2D eigenvalue weighted by molar-refractivity contribution is 0.0948. The number of carbonyl (C=O) groups is 1. The number of amides is 1. The molecule has 0 aliphatic carbocycles. The van der Waals surface area contributed by atoms with Crippen LogP contribution in [0.3, 0.4) is 0 Å². The zero-order valence-electron chi connectivity index (χ0n) is 20.0. The number of carbonyl (C=O) groups excluding carboxylic acids is 1. The van der Waals surface area contributed by atoms with Gasteiger partial charge >= 0.3 is 0 Å². The van der Waals surface area contributed by atoms with Gasteiger partial charge in [-0.2, -0.15) is 0 Å². The van der Waals surface area contributed by atoms with E-state index >= 15 is 0 Å². The van der Waals surface area contributed by atoms with Crippen molar-refractivity contribution >= 4 is 5.91 Å². The summed E-state index contributed by atoms with van der Waals surface area (Å²) in [5.41, 5.74) is 0.642. The number of hydrogen-bond acceptors (Lipinski definition) is 2. The number of para-hydroxylation sites is 1. The third-order valence-corrected chi connectivity index (χ3v) is 5.52. The molecule has 172 valence electrons. The molecule has 0 spiro atoms. The highest BCUT2D eigenvalue weighted by molar-refractivity contribution is 5.96. The molecule has 0 saturated heterocycles. The van der Waals surface area contributed by atoms with E-state index in [-0.39, 0.29) is 5.91 Å². The van der Waals surface area contributed by atoms with E-state index < -0.39 is 0 Å². The summed E-state index contributed by atoms with van der Waals surface area (Å²) in [6.45, 7) is 7.87. The summed E-state index contributed by atoms with van der Waals surface area (Å²) in [5, 5.41) is 3.05. The molecule has 3 heteroatoms. The summed E-state index contributed by atoms with van der Waals surface area (Å²) in [7, 11) is 0. The van der Waals surface area contributed by atoms with E-state index in [4.69, 9.17) is 4.74 Å². The summed E-state index contributed by atoms with van der Waals surface area (Å²) >= 11 is 0. The molecule has 1 rings (SSSR count). The maximum Gasteiger partial charge on any atom is 0.255 e. The van der Waals surface area contributed by atoms with Crippen molar-refractivity contribution in [2.24, 2.45) is 5.92 Å². The number of benzene rings is 1. The van der Waals surface area contributed by atoms with E-state index in [0.717, 1.165) is 13.0 Å². The van der Waals surface area contributed by atoms with Crippen molar-refractivity contribution in [1.82, 2.24) is 5.32 Å². The summed E-state index contributed by atoms with van der Waals surface area (Å²) in [5.74, 6) is 1.10. The Labute approximate surface area is 186 Å². The van der Waals surface area contributed by atoms with Crippen LogP contribution < -0.4 is 10.1 Å². The van der Waals surface area contributed by atoms with Crippen LogP contribution in [0.5, 0.6) is 5.75 Å². The molecule has 30 heavy (non-hydrogen) atoms. The maximum atomic E-state index is 12.5. The van der Waals surface area contributed by atoms with Crippen LogP contribution in [0.15, 0.2) is 24.3 Å². The van der Waals surface area contributed by atoms with E-state index in [9.17, 15) is 4.79 Å². The lowest BCUT2D eigenvalue weighted by Gasteiger charge is -2.13. The largest absolute Gasteiger partial charge is 0.492 e. The molecule has 1 N–H and O–H groups in total. The number of hydrogen-bond donors (Lipinski definition) is 1. The molecule has 0 aromatic heterocycles. The van der Waals surface area contributed by atoms with Gasteiger partial charge in [0.2, 0.25) is 0 Å². The average molecular weight is 418 g/mol. The molecule has 1 aromatic rings. The Hall–Kier alpha value is -1.51. The quantitative estimate of drug-likeness (QED) is 0.232. The van der Waals surface area contributed by atoms with Crippen LogP contribution in [0.2, 0.25) is 0 Å². The van der Waals surface area contributed by atoms with E-state index in [2.05, 4.69) is 26.1 Å². The van der Waals surface area contributed by atoms with Crippen molar-refractivity contribution in [3.63, 3.8) is 0 Å². The fraction of sp³-hybridized carbons (Fsp3) is 0.741. The molecule has 0 heterocycles. The van der Waals surface area contributed by atoms with Gasteiger partial charge in [-0.15, -0.1) is 0 Å². The second kappa shape index (κ2) is 18.3. The summed E-state index contributed by atoms with van der Waals surface area (Å²) < 4.78 is 5.79. The number of unbranched alkanes of at least 4 members (excludes halogenated alkanes) is 13. The van der Waals surface area contributed by atoms with Gasteiger partial charge in [-0.3, -0.25) is 4.79 Å². The maximum absolute atomic E-state index is 12.5. The first-order chi connectivity index (χ1) is 14.6. The summed E-state index contributed by atoms with van der Waals surface area (Å²) in [4.78, 5) is 12.5.